The number of benzene rings is 1. The lowest BCUT2D eigenvalue weighted by molar-refractivity contribution is 0.0689. The van der Waals surface area contributed by atoms with Crippen LogP contribution >= 0.6 is 15.9 Å². The normalized spacial score (nSPS) is 10.5. The number of aromatic nitrogens is 2. The van der Waals surface area contributed by atoms with Gasteiger partial charge in [0, 0.05) is 5.33 Å². The van der Waals surface area contributed by atoms with Gasteiger partial charge in [-0.05, 0) is 12.1 Å². The lowest BCUT2D eigenvalue weighted by Gasteiger charge is -2.03. The molecule has 2 rings (SSSR count). The number of halogens is 1. The van der Waals surface area contributed by atoms with Gasteiger partial charge in [0.15, 0.2) is 5.69 Å². The molecule has 2 aromatic rings. The molecule has 5 heteroatoms. The minimum atomic E-state index is -1.05. The number of para-hydroxylation sites is 2. The van der Waals surface area contributed by atoms with E-state index in [0.717, 1.165) is 0 Å². The number of carboxylic acid groups (broad SMARTS) is 1. The minimum absolute atomic E-state index is 0.00516. The van der Waals surface area contributed by atoms with Crippen molar-refractivity contribution in [2.75, 3.05) is 0 Å². The second-order valence-corrected chi connectivity index (χ2v) is 3.51. The van der Waals surface area contributed by atoms with Crippen molar-refractivity contribution in [3.05, 3.63) is 35.7 Å². The summed E-state index contributed by atoms with van der Waals surface area (Å²) in [5, 5.41) is 9.31. The topological polar surface area (TPSA) is 63.1 Å². The standard InChI is InChI=1S/C10H7BrN2O2/c11-5-8-9(10(14)15)13-7-4-2-1-3-6(7)12-8/h1-4H,5H2,(H,14,15). The summed E-state index contributed by atoms with van der Waals surface area (Å²) in [5.74, 6) is -1.05. The first kappa shape index (κ1) is 10.0. The first-order chi connectivity index (χ1) is 7.22. The molecule has 0 atom stereocenters. The Labute approximate surface area is 94.1 Å². The van der Waals surface area contributed by atoms with E-state index in [1.54, 1.807) is 18.2 Å². The van der Waals surface area contributed by atoms with Gasteiger partial charge in [0.2, 0.25) is 0 Å². The molecule has 0 aliphatic rings. The minimum Gasteiger partial charge on any atom is -0.476 e. The second-order valence-electron chi connectivity index (χ2n) is 2.95. The fourth-order valence-corrected chi connectivity index (χ4v) is 1.69. The molecule has 0 saturated carbocycles. The lowest BCUT2D eigenvalue weighted by Crippen LogP contribution is -2.07. The van der Waals surface area contributed by atoms with Crippen LogP contribution < -0.4 is 0 Å². The van der Waals surface area contributed by atoms with Gasteiger partial charge in [-0.25, -0.2) is 14.8 Å². The van der Waals surface area contributed by atoms with Crippen molar-refractivity contribution in [3.8, 4) is 0 Å². The van der Waals surface area contributed by atoms with Crippen LogP contribution in [-0.4, -0.2) is 21.0 Å². The van der Waals surface area contributed by atoms with Crippen LogP contribution in [0.5, 0.6) is 0 Å². The van der Waals surface area contributed by atoms with Crippen LogP contribution in [0, 0.1) is 0 Å². The number of carboxylic acids is 1. The van der Waals surface area contributed by atoms with E-state index < -0.39 is 5.97 Å². The molecule has 0 radical (unpaired) electrons. The number of hydrogen-bond acceptors (Lipinski definition) is 3. The maximum absolute atomic E-state index is 10.9. The molecular weight excluding hydrogens is 260 g/mol. The predicted molar refractivity (Wildman–Crippen MR) is 59.1 cm³/mol. The second kappa shape index (κ2) is 3.94. The van der Waals surface area contributed by atoms with E-state index in [0.29, 0.717) is 22.1 Å². The summed E-state index contributed by atoms with van der Waals surface area (Å²) in [6.07, 6.45) is 0. The fraction of sp³-hybridized carbons (Fsp3) is 0.100. The Morgan fingerprint density at radius 3 is 2.40 bits per heavy atom. The Bertz CT molecular complexity index is 528. The smallest absolute Gasteiger partial charge is 0.356 e. The van der Waals surface area contributed by atoms with Crippen LogP contribution in [0.1, 0.15) is 16.2 Å². The Morgan fingerprint density at radius 1 is 1.27 bits per heavy atom. The van der Waals surface area contributed by atoms with Crippen LogP contribution in [0.25, 0.3) is 11.0 Å². The maximum Gasteiger partial charge on any atom is 0.356 e. The van der Waals surface area contributed by atoms with Crippen molar-refractivity contribution in [1.82, 2.24) is 9.97 Å². The highest BCUT2D eigenvalue weighted by molar-refractivity contribution is 9.08. The summed E-state index contributed by atoms with van der Waals surface area (Å²) in [4.78, 5) is 19.2. The van der Waals surface area contributed by atoms with Crippen LogP contribution in [-0.2, 0) is 5.33 Å². The fourth-order valence-electron chi connectivity index (χ4n) is 1.30. The van der Waals surface area contributed by atoms with Crippen molar-refractivity contribution in [2.45, 2.75) is 5.33 Å². The largest absolute Gasteiger partial charge is 0.476 e. The van der Waals surface area contributed by atoms with Gasteiger partial charge in [-0.15, -0.1) is 0 Å². The zero-order valence-electron chi connectivity index (χ0n) is 7.64. The molecule has 1 heterocycles. The number of fused-ring (bicyclic) bond motifs is 1. The molecule has 4 nitrogen and oxygen atoms in total. The van der Waals surface area contributed by atoms with Gasteiger partial charge in [-0.2, -0.15) is 0 Å². The average molecular weight is 267 g/mol. The van der Waals surface area contributed by atoms with Gasteiger partial charge in [-0.3, -0.25) is 0 Å². The van der Waals surface area contributed by atoms with E-state index in [1.165, 1.54) is 0 Å². The van der Waals surface area contributed by atoms with Gasteiger partial charge in [-0.1, -0.05) is 28.1 Å². The Morgan fingerprint density at radius 2 is 1.87 bits per heavy atom. The Hall–Kier alpha value is -1.49. The molecule has 0 fully saturated rings. The number of carbonyl (C=O) groups is 1. The molecule has 0 saturated heterocycles. The number of rotatable bonds is 2. The van der Waals surface area contributed by atoms with E-state index in [1.807, 2.05) is 6.07 Å². The third kappa shape index (κ3) is 1.83. The highest BCUT2D eigenvalue weighted by Gasteiger charge is 2.13. The van der Waals surface area contributed by atoms with Crippen LogP contribution in [0.2, 0.25) is 0 Å². The molecule has 0 amide bonds. The summed E-state index contributed by atoms with van der Waals surface area (Å²) in [6, 6.07) is 7.19. The van der Waals surface area contributed by atoms with Crippen molar-refractivity contribution in [1.29, 1.82) is 0 Å². The summed E-state index contributed by atoms with van der Waals surface area (Å²) in [6.45, 7) is 0. The van der Waals surface area contributed by atoms with E-state index in [9.17, 15) is 4.79 Å². The third-order valence-electron chi connectivity index (χ3n) is 1.97. The van der Waals surface area contributed by atoms with Crippen molar-refractivity contribution in [3.63, 3.8) is 0 Å². The predicted octanol–water partition coefficient (Wildman–Crippen LogP) is 2.22. The average Bonchev–Trinajstić information content (AvgIpc) is 2.27. The number of nitrogens with zero attached hydrogens (tertiary/aromatic N) is 2. The van der Waals surface area contributed by atoms with Crippen LogP contribution in [0.3, 0.4) is 0 Å². The summed E-state index contributed by atoms with van der Waals surface area (Å²) >= 11 is 3.20. The van der Waals surface area contributed by atoms with E-state index in [-0.39, 0.29) is 5.69 Å². The zero-order valence-corrected chi connectivity index (χ0v) is 9.23. The molecule has 76 valence electrons. The first-order valence-corrected chi connectivity index (χ1v) is 5.39. The molecule has 0 aliphatic carbocycles. The molecule has 0 bridgehead atoms. The lowest BCUT2D eigenvalue weighted by atomic mass is 10.2. The maximum atomic E-state index is 10.9. The summed E-state index contributed by atoms with van der Waals surface area (Å²) in [5.41, 5.74) is 1.75. The van der Waals surface area contributed by atoms with Gasteiger partial charge in [0.05, 0.1) is 16.7 Å². The number of aromatic carboxylic acids is 1. The van der Waals surface area contributed by atoms with Gasteiger partial charge in [0.25, 0.3) is 0 Å². The molecular formula is C10H7BrN2O2. The molecule has 1 N–H and O–H groups in total. The molecule has 0 aliphatic heterocycles. The van der Waals surface area contributed by atoms with Crippen molar-refractivity contribution >= 4 is 32.9 Å². The molecule has 0 spiro atoms. The van der Waals surface area contributed by atoms with E-state index in [4.69, 9.17) is 5.11 Å². The molecule has 0 unspecified atom stereocenters. The quantitative estimate of drug-likeness (QED) is 0.847. The summed E-state index contributed by atoms with van der Waals surface area (Å²) in [7, 11) is 0. The molecule has 15 heavy (non-hydrogen) atoms. The Kier molecular flexibility index (Phi) is 2.64. The first-order valence-electron chi connectivity index (χ1n) is 4.27. The van der Waals surface area contributed by atoms with E-state index in [2.05, 4.69) is 25.9 Å². The van der Waals surface area contributed by atoms with Crippen molar-refractivity contribution in [2.24, 2.45) is 0 Å². The van der Waals surface area contributed by atoms with Crippen LogP contribution in [0.15, 0.2) is 24.3 Å². The van der Waals surface area contributed by atoms with Crippen molar-refractivity contribution < 1.29 is 9.90 Å². The Balaban J connectivity index is 2.74. The number of alkyl halides is 1. The number of hydrogen-bond donors (Lipinski definition) is 1. The van der Waals surface area contributed by atoms with Gasteiger partial charge < -0.3 is 5.11 Å². The highest BCUT2D eigenvalue weighted by atomic mass is 79.9. The highest BCUT2D eigenvalue weighted by Crippen LogP contribution is 2.14. The van der Waals surface area contributed by atoms with Gasteiger partial charge >= 0.3 is 5.97 Å². The molecule has 1 aromatic carbocycles. The zero-order chi connectivity index (χ0) is 10.8. The van der Waals surface area contributed by atoms with E-state index >= 15 is 0 Å². The van der Waals surface area contributed by atoms with Crippen LogP contribution in [0.4, 0.5) is 0 Å². The third-order valence-corrected chi connectivity index (χ3v) is 2.50. The summed E-state index contributed by atoms with van der Waals surface area (Å²) < 4.78 is 0. The SMILES string of the molecule is O=C(O)c1nc2ccccc2nc1CBr. The van der Waals surface area contributed by atoms with Gasteiger partial charge in [0.1, 0.15) is 0 Å². The molecule has 1 aromatic heterocycles. The monoisotopic (exact) mass is 266 g/mol.